The van der Waals surface area contributed by atoms with E-state index in [0.29, 0.717) is 12.5 Å². The fourth-order valence-electron chi connectivity index (χ4n) is 2.67. The van der Waals surface area contributed by atoms with E-state index in [1.54, 1.807) is 0 Å². The third-order valence-electron chi connectivity index (χ3n) is 3.68. The van der Waals surface area contributed by atoms with E-state index in [9.17, 15) is 4.79 Å². The smallest absolute Gasteiger partial charge is 0.253 e. The number of carbonyl (C=O) groups is 1. The quantitative estimate of drug-likeness (QED) is 0.886. The van der Waals surface area contributed by atoms with Gasteiger partial charge in [-0.2, -0.15) is 0 Å². The maximum Gasteiger partial charge on any atom is 0.253 e. The summed E-state index contributed by atoms with van der Waals surface area (Å²) in [7, 11) is 0. The van der Waals surface area contributed by atoms with E-state index in [4.69, 9.17) is 5.73 Å². The molecule has 98 valence electrons. The highest BCUT2D eigenvalue weighted by molar-refractivity contribution is 5.94. The molecule has 2 rings (SSSR count). The van der Waals surface area contributed by atoms with Crippen molar-refractivity contribution in [3.8, 4) is 0 Å². The number of nitrogens with two attached hydrogens (primary N) is 1. The molecule has 3 heteroatoms. The van der Waals surface area contributed by atoms with Crippen molar-refractivity contribution in [1.29, 1.82) is 0 Å². The summed E-state index contributed by atoms with van der Waals surface area (Å²) in [4.78, 5) is 14.3. The van der Waals surface area contributed by atoms with Gasteiger partial charge < -0.3 is 10.6 Å². The van der Waals surface area contributed by atoms with E-state index in [2.05, 4.69) is 6.92 Å². The standard InChI is InChI=1S/C15H22N2O/c1-2-4-12-7-8-17(11-12)15(18)14-6-3-5-13(9-14)10-16/h3,5-6,9,12H,2,4,7-8,10-11,16H2,1H3. The summed E-state index contributed by atoms with van der Waals surface area (Å²) in [6.45, 7) is 4.50. The average Bonchev–Trinajstić information content (AvgIpc) is 2.87. The lowest BCUT2D eigenvalue weighted by atomic mass is 10.0. The first-order valence-corrected chi connectivity index (χ1v) is 6.83. The molecule has 1 aliphatic rings. The molecule has 1 aromatic carbocycles. The van der Waals surface area contributed by atoms with E-state index in [1.807, 2.05) is 29.2 Å². The Morgan fingerprint density at radius 3 is 3.06 bits per heavy atom. The molecule has 1 atom stereocenters. The van der Waals surface area contributed by atoms with Gasteiger partial charge in [0.1, 0.15) is 0 Å². The monoisotopic (exact) mass is 246 g/mol. The second-order valence-electron chi connectivity index (χ2n) is 5.10. The van der Waals surface area contributed by atoms with Gasteiger partial charge in [-0.1, -0.05) is 25.5 Å². The number of hydrogen-bond donors (Lipinski definition) is 1. The molecule has 18 heavy (non-hydrogen) atoms. The molecule has 0 aliphatic carbocycles. The van der Waals surface area contributed by atoms with Gasteiger partial charge in [0.15, 0.2) is 0 Å². The van der Waals surface area contributed by atoms with Crippen molar-refractivity contribution in [1.82, 2.24) is 4.90 Å². The molecule has 1 unspecified atom stereocenters. The minimum absolute atomic E-state index is 0.156. The normalized spacial score (nSPS) is 19.2. The summed E-state index contributed by atoms with van der Waals surface area (Å²) < 4.78 is 0. The topological polar surface area (TPSA) is 46.3 Å². The summed E-state index contributed by atoms with van der Waals surface area (Å²) in [5.74, 6) is 0.848. The molecule has 0 aromatic heterocycles. The number of hydrogen-bond acceptors (Lipinski definition) is 2. The van der Waals surface area contributed by atoms with Crippen LogP contribution in [0.1, 0.15) is 42.1 Å². The predicted octanol–water partition coefficient (Wildman–Crippen LogP) is 2.41. The molecule has 1 aromatic rings. The van der Waals surface area contributed by atoms with E-state index in [0.717, 1.165) is 30.6 Å². The van der Waals surface area contributed by atoms with Gasteiger partial charge in [0.25, 0.3) is 5.91 Å². The molecule has 1 heterocycles. The Morgan fingerprint density at radius 1 is 1.50 bits per heavy atom. The van der Waals surface area contributed by atoms with Gasteiger partial charge in [0.2, 0.25) is 0 Å². The SMILES string of the molecule is CCCC1CCN(C(=O)c2cccc(CN)c2)C1. The number of rotatable bonds is 4. The van der Waals surface area contributed by atoms with Crippen LogP contribution in [0, 0.1) is 5.92 Å². The Morgan fingerprint density at radius 2 is 2.33 bits per heavy atom. The Balaban J connectivity index is 2.03. The molecule has 1 amide bonds. The third kappa shape index (κ3) is 2.91. The first-order valence-electron chi connectivity index (χ1n) is 6.83. The summed E-state index contributed by atoms with van der Waals surface area (Å²) in [5.41, 5.74) is 7.40. The van der Waals surface area contributed by atoms with Crippen LogP contribution in [-0.4, -0.2) is 23.9 Å². The third-order valence-corrected chi connectivity index (χ3v) is 3.68. The first-order chi connectivity index (χ1) is 8.74. The summed E-state index contributed by atoms with van der Waals surface area (Å²) >= 11 is 0. The van der Waals surface area contributed by atoms with E-state index in [1.165, 1.54) is 12.8 Å². The summed E-state index contributed by atoms with van der Waals surface area (Å²) in [6, 6.07) is 7.67. The van der Waals surface area contributed by atoms with Gasteiger partial charge >= 0.3 is 0 Å². The van der Waals surface area contributed by atoms with Crippen LogP contribution in [0.5, 0.6) is 0 Å². The lowest BCUT2D eigenvalue weighted by molar-refractivity contribution is 0.0786. The minimum Gasteiger partial charge on any atom is -0.338 e. The van der Waals surface area contributed by atoms with Gasteiger partial charge in [-0.15, -0.1) is 0 Å². The lowest BCUT2D eigenvalue weighted by Crippen LogP contribution is -2.28. The van der Waals surface area contributed by atoms with Crippen LogP contribution in [0.3, 0.4) is 0 Å². The average molecular weight is 246 g/mol. The first kappa shape index (κ1) is 13.1. The maximum absolute atomic E-state index is 12.4. The molecule has 1 fully saturated rings. The lowest BCUT2D eigenvalue weighted by Gasteiger charge is -2.17. The van der Waals surface area contributed by atoms with Gasteiger partial charge in [-0.05, 0) is 36.5 Å². The zero-order valence-electron chi connectivity index (χ0n) is 11.1. The maximum atomic E-state index is 12.4. The molecule has 1 aliphatic heterocycles. The molecule has 0 radical (unpaired) electrons. The number of likely N-dealkylation sites (tertiary alicyclic amines) is 1. The Bertz CT molecular complexity index is 417. The van der Waals surface area contributed by atoms with E-state index < -0.39 is 0 Å². The second kappa shape index (κ2) is 6.01. The van der Waals surface area contributed by atoms with Crippen LogP contribution in [0.4, 0.5) is 0 Å². The molecule has 3 nitrogen and oxygen atoms in total. The van der Waals surface area contributed by atoms with Gasteiger partial charge in [0, 0.05) is 25.2 Å². The molecule has 0 saturated carbocycles. The number of amides is 1. The van der Waals surface area contributed by atoms with Crippen LogP contribution < -0.4 is 5.73 Å². The molecule has 1 saturated heterocycles. The van der Waals surface area contributed by atoms with Gasteiger partial charge in [-0.3, -0.25) is 4.79 Å². The van der Waals surface area contributed by atoms with Crippen LogP contribution in [-0.2, 0) is 6.54 Å². The predicted molar refractivity (Wildman–Crippen MR) is 73.3 cm³/mol. The van der Waals surface area contributed by atoms with Crippen molar-refractivity contribution in [3.05, 3.63) is 35.4 Å². The zero-order chi connectivity index (χ0) is 13.0. The Kier molecular flexibility index (Phi) is 4.37. The minimum atomic E-state index is 0.156. The van der Waals surface area contributed by atoms with Gasteiger partial charge in [0.05, 0.1) is 0 Å². The van der Waals surface area contributed by atoms with Crippen LogP contribution in [0.25, 0.3) is 0 Å². The fourth-order valence-corrected chi connectivity index (χ4v) is 2.67. The Hall–Kier alpha value is -1.35. The van der Waals surface area contributed by atoms with Crippen molar-refractivity contribution in [2.75, 3.05) is 13.1 Å². The molecule has 2 N–H and O–H groups in total. The molecular formula is C15H22N2O. The number of nitrogens with zero attached hydrogens (tertiary/aromatic N) is 1. The van der Waals surface area contributed by atoms with Crippen molar-refractivity contribution in [2.24, 2.45) is 11.7 Å². The zero-order valence-corrected chi connectivity index (χ0v) is 11.1. The van der Waals surface area contributed by atoms with Crippen molar-refractivity contribution in [2.45, 2.75) is 32.7 Å². The fraction of sp³-hybridized carbons (Fsp3) is 0.533. The van der Waals surface area contributed by atoms with Crippen LogP contribution in [0.15, 0.2) is 24.3 Å². The van der Waals surface area contributed by atoms with E-state index in [-0.39, 0.29) is 5.91 Å². The Labute approximate surface area is 109 Å². The van der Waals surface area contributed by atoms with Crippen molar-refractivity contribution >= 4 is 5.91 Å². The molecule has 0 spiro atoms. The number of benzene rings is 1. The van der Waals surface area contributed by atoms with Gasteiger partial charge in [-0.25, -0.2) is 0 Å². The second-order valence-corrected chi connectivity index (χ2v) is 5.10. The highest BCUT2D eigenvalue weighted by Gasteiger charge is 2.26. The molecule has 0 bridgehead atoms. The largest absolute Gasteiger partial charge is 0.338 e. The molecular weight excluding hydrogens is 224 g/mol. The summed E-state index contributed by atoms with van der Waals surface area (Å²) in [5, 5.41) is 0. The van der Waals surface area contributed by atoms with Crippen molar-refractivity contribution in [3.63, 3.8) is 0 Å². The van der Waals surface area contributed by atoms with Crippen molar-refractivity contribution < 1.29 is 4.79 Å². The summed E-state index contributed by atoms with van der Waals surface area (Å²) in [6.07, 6.45) is 3.58. The van der Waals surface area contributed by atoms with Crippen LogP contribution >= 0.6 is 0 Å². The van der Waals surface area contributed by atoms with Crippen LogP contribution in [0.2, 0.25) is 0 Å². The highest BCUT2D eigenvalue weighted by atomic mass is 16.2. The number of carbonyl (C=O) groups excluding carboxylic acids is 1. The highest BCUT2D eigenvalue weighted by Crippen LogP contribution is 2.22. The van der Waals surface area contributed by atoms with E-state index >= 15 is 0 Å².